The zero-order valence-electron chi connectivity index (χ0n) is 22.4. The molecule has 0 heterocycles. The van der Waals surface area contributed by atoms with Crippen molar-refractivity contribution in [3.8, 4) is 11.5 Å². The maximum absolute atomic E-state index is 12.3. The lowest BCUT2D eigenvalue weighted by Gasteiger charge is -2.09. The maximum Gasteiger partial charge on any atom is 0.392 e. The highest BCUT2D eigenvalue weighted by atomic mass is 19.4. The Hall–Kier alpha value is -5.00. The normalized spacial score (nSPS) is 11.2. The molecule has 0 bridgehead atoms. The van der Waals surface area contributed by atoms with Gasteiger partial charge in [-0.15, -0.1) is 0 Å². The standard InChI is InChI=1S/C30H29F3N2O7/c31-30(32,33)13-16-39-25-10-6-21(7-11-25)29(38)42-26-8-3-20(4-9-26)5-12-27(36)40-14-1-2-15-41-28(37)22-17-23(34)19-24(35)18-22/h3-12,17-19H,1-2,13-16,34-35H2/b12-5+. The van der Waals surface area contributed by atoms with Gasteiger partial charge in [0.2, 0.25) is 0 Å². The van der Waals surface area contributed by atoms with Crippen LogP contribution in [0.1, 0.15) is 45.5 Å². The Morgan fingerprint density at radius 2 is 1.31 bits per heavy atom. The average molecular weight is 587 g/mol. The fraction of sp³-hybridized carbons (Fsp3) is 0.233. The molecule has 3 rings (SSSR count). The van der Waals surface area contributed by atoms with Gasteiger partial charge in [0.05, 0.1) is 37.4 Å². The van der Waals surface area contributed by atoms with Gasteiger partial charge in [-0.25, -0.2) is 14.4 Å². The molecule has 0 unspecified atom stereocenters. The van der Waals surface area contributed by atoms with Gasteiger partial charge in [0, 0.05) is 17.5 Å². The topological polar surface area (TPSA) is 140 Å². The third-order valence-corrected chi connectivity index (χ3v) is 5.48. The Balaban J connectivity index is 1.33. The fourth-order valence-electron chi connectivity index (χ4n) is 3.42. The molecule has 12 heteroatoms. The van der Waals surface area contributed by atoms with Gasteiger partial charge in [0.25, 0.3) is 0 Å². The van der Waals surface area contributed by atoms with Crippen LogP contribution in [0.5, 0.6) is 11.5 Å². The lowest BCUT2D eigenvalue weighted by Crippen LogP contribution is -2.13. The Labute approximate surface area is 239 Å². The summed E-state index contributed by atoms with van der Waals surface area (Å²) in [5.41, 5.74) is 13.2. The number of nitrogens with two attached hydrogens (primary N) is 2. The lowest BCUT2D eigenvalue weighted by atomic mass is 10.2. The maximum atomic E-state index is 12.3. The fourth-order valence-corrected chi connectivity index (χ4v) is 3.42. The van der Waals surface area contributed by atoms with E-state index in [1.807, 2.05) is 0 Å². The van der Waals surface area contributed by atoms with E-state index in [0.717, 1.165) is 0 Å². The predicted molar refractivity (Wildman–Crippen MR) is 149 cm³/mol. The van der Waals surface area contributed by atoms with E-state index >= 15 is 0 Å². The molecule has 0 radical (unpaired) electrons. The molecule has 0 aliphatic heterocycles. The second-order valence-corrected chi connectivity index (χ2v) is 8.93. The molecule has 0 aliphatic carbocycles. The molecule has 222 valence electrons. The van der Waals surface area contributed by atoms with Crippen LogP contribution >= 0.6 is 0 Å². The number of unbranched alkanes of at least 4 members (excludes halogenated alkanes) is 1. The lowest BCUT2D eigenvalue weighted by molar-refractivity contribution is -0.140. The highest BCUT2D eigenvalue weighted by Gasteiger charge is 2.26. The number of esters is 3. The number of benzene rings is 3. The summed E-state index contributed by atoms with van der Waals surface area (Å²) in [6.07, 6.45) is -1.63. The minimum Gasteiger partial charge on any atom is -0.493 e. The molecule has 3 aromatic rings. The molecule has 3 aromatic carbocycles. The van der Waals surface area contributed by atoms with Crippen molar-refractivity contribution in [2.45, 2.75) is 25.4 Å². The van der Waals surface area contributed by atoms with Crippen molar-refractivity contribution in [2.24, 2.45) is 0 Å². The van der Waals surface area contributed by atoms with Crippen LogP contribution in [0, 0.1) is 0 Å². The van der Waals surface area contributed by atoms with Crippen molar-refractivity contribution in [2.75, 3.05) is 31.3 Å². The van der Waals surface area contributed by atoms with Gasteiger partial charge in [-0.1, -0.05) is 12.1 Å². The highest BCUT2D eigenvalue weighted by molar-refractivity contribution is 5.92. The first-order valence-electron chi connectivity index (χ1n) is 12.8. The smallest absolute Gasteiger partial charge is 0.392 e. The van der Waals surface area contributed by atoms with Crippen molar-refractivity contribution < 1.29 is 46.5 Å². The zero-order valence-corrected chi connectivity index (χ0v) is 22.4. The van der Waals surface area contributed by atoms with Crippen LogP contribution in [0.2, 0.25) is 0 Å². The van der Waals surface area contributed by atoms with E-state index in [2.05, 4.69) is 0 Å². The van der Waals surface area contributed by atoms with Gasteiger partial charge < -0.3 is 30.4 Å². The molecular weight excluding hydrogens is 557 g/mol. The first-order valence-corrected chi connectivity index (χ1v) is 12.8. The van der Waals surface area contributed by atoms with Crippen molar-refractivity contribution in [1.29, 1.82) is 0 Å². The van der Waals surface area contributed by atoms with Crippen molar-refractivity contribution in [1.82, 2.24) is 0 Å². The van der Waals surface area contributed by atoms with Crippen molar-refractivity contribution in [3.05, 3.63) is 89.5 Å². The van der Waals surface area contributed by atoms with Crippen LogP contribution in [0.15, 0.2) is 72.8 Å². The number of nitrogen functional groups attached to an aromatic ring is 2. The Morgan fingerprint density at radius 3 is 1.93 bits per heavy atom. The number of halogens is 3. The molecule has 4 N–H and O–H groups in total. The highest BCUT2D eigenvalue weighted by Crippen LogP contribution is 2.21. The minimum absolute atomic E-state index is 0.140. The second kappa shape index (κ2) is 15.1. The van der Waals surface area contributed by atoms with Crippen LogP contribution in [-0.2, 0) is 14.3 Å². The van der Waals surface area contributed by atoms with Gasteiger partial charge in [-0.2, -0.15) is 13.2 Å². The van der Waals surface area contributed by atoms with Crippen LogP contribution in [0.3, 0.4) is 0 Å². The summed E-state index contributed by atoms with van der Waals surface area (Å²) in [5, 5.41) is 0. The minimum atomic E-state index is -4.31. The molecule has 0 amide bonds. The number of rotatable bonds is 13. The van der Waals surface area contributed by atoms with Gasteiger partial charge in [0.1, 0.15) is 11.5 Å². The van der Waals surface area contributed by atoms with Gasteiger partial charge in [0.15, 0.2) is 0 Å². The summed E-state index contributed by atoms with van der Waals surface area (Å²) in [7, 11) is 0. The second-order valence-electron chi connectivity index (χ2n) is 8.93. The number of carbonyl (C=O) groups excluding carboxylic acids is 3. The third kappa shape index (κ3) is 11.2. The van der Waals surface area contributed by atoms with Crippen LogP contribution in [-0.4, -0.2) is 43.9 Å². The van der Waals surface area contributed by atoms with Gasteiger partial charge in [-0.3, -0.25) is 0 Å². The predicted octanol–water partition coefficient (Wildman–Crippen LogP) is 5.60. The Kier molecular flexibility index (Phi) is 11.4. The van der Waals surface area contributed by atoms with E-state index < -0.39 is 37.1 Å². The molecular formula is C30H29F3N2O7. The molecule has 0 saturated carbocycles. The Morgan fingerprint density at radius 1 is 0.714 bits per heavy atom. The summed E-state index contributed by atoms with van der Waals surface area (Å²) < 4.78 is 57.2. The molecule has 0 aliphatic rings. The molecule has 9 nitrogen and oxygen atoms in total. The Bertz CT molecular complexity index is 1370. The summed E-state index contributed by atoms with van der Waals surface area (Å²) in [6, 6.07) is 16.4. The van der Waals surface area contributed by atoms with E-state index in [-0.39, 0.29) is 35.8 Å². The summed E-state index contributed by atoms with van der Waals surface area (Å²) >= 11 is 0. The molecule has 0 fully saturated rings. The largest absolute Gasteiger partial charge is 0.493 e. The zero-order chi connectivity index (χ0) is 30.5. The molecule has 42 heavy (non-hydrogen) atoms. The first kappa shape index (κ1) is 31.5. The van der Waals surface area contributed by atoms with E-state index in [4.69, 9.17) is 30.4 Å². The van der Waals surface area contributed by atoms with E-state index in [9.17, 15) is 27.6 Å². The van der Waals surface area contributed by atoms with Crippen LogP contribution in [0.4, 0.5) is 24.5 Å². The number of anilines is 2. The van der Waals surface area contributed by atoms with Crippen LogP contribution in [0.25, 0.3) is 6.08 Å². The first-order chi connectivity index (χ1) is 20.0. The SMILES string of the molecule is Nc1cc(N)cc(C(=O)OCCCCOC(=O)/C=C/c2ccc(OC(=O)c3ccc(OCCC(F)(F)F)cc3)cc2)c1. The van der Waals surface area contributed by atoms with Crippen LogP contribution < -0.4 is 20.9 Å². The summed E-state index contributed by atoms with van der Waals surface area (Å²) in [5.74, 6) is -1.30. The summed E-state index contributed by atoms with van der Waals surface area (Å²) in [4.78, 5) is 36.3. The van der Waals surface area contributed by atoms with E-state index in [1.165, 1.54) is 66.7 Å². The number of hydrogen-bond donors (Lipinski definition) is 2. The van der Waals surface area contributed by atoms with Crippen molar-refractivity contribution in [3.63, 3.8) is 0 Å². The number of ether oxygens (including phenoxy) is 4. The average Bonchev–Trinajstić information content (AvgIpc) is 2.93. The number of alkyl halides is 3. The third-order valence-electron chi connectivity index (χ3n) is 5.48. The van der Waals surface area contributed by atoms with E-state index in [1.54, 1.807) is 12.1 Å². The number of hydrogen-bond acceptors (Lipinski definition) is 9. The quantitative estimate of drug-likeness (QED) is 0.0862. The van der Waals surface area contributed by atoms with Gasteiger partial charge in [-0.05, 0) is 79.1 Å². The molecule has 0 saturated heterocycles. The monoisotopic (exact) mass is 586 g/mol. The molecule has 0 aromatic heterocycles. The molecule has 0 atom stereocenters. The van der Waals surface area contributed by atoms with E-state index in [0.29, 0.717) is 29.8 Å². The van der Waals surface area contributed by atoms with Crippen molar-refractivity contribution >= 4 is 35.4 Å². The van der Waals surface area contributed by atoms with Gasteiger partial charge >= 0.3 is 24.1 Å². The summed E-state index contributed by atoms with van der Waals surface area (Å²) in [6.45, 7) is -0.238. The number of carbonyl (C=O) groups is 3. The molecule has 0 spiro atoms.